The first-order valence-corrected chi connectivity index (χ1v) is 6.19. The van der Waals surface area contributed by atoms with Crippen LogP contribution in [0.15, 0.2) is 12.4 Å². The molecule has 4 heteroatoms. The maximum absolute atomic E-state index is 5.99. The van der Waals surface area contributed by atoms with Crippen molar-refractivity contribution in [2.24, 2.45) is 11.7 Å². The molecule has 0 radical (unpaired) electrons. The average molecular weight is 220 g/mol. The second-order valence-electron chi connectivity index (χ2n) is 5.40. The van der Waals surface area contributed by atoms with E-state index in [4.69, 9.17) is 5.73 Å². The molecule has 2 heterocycles. The van der Waals surface area contributed by atoms with Crippen molar-refractivity contribution in [2.75, 3.05) is 13.1 Å². The molecule has 1 saturated carbocycles. The maximum Gasteiger partial charge on any atom is 0.122 e. The smallest absolute Gasteiger partial charge is 0.122 e. The van der Waals surface area contributed by atoms with E-state index in [2.05, 4.69) is 27.6 Å². The lowest BCUT2D eigenvalue weighted by atomic mass is 9.68. The molecule has 1 aromatic rings. The first-order valence-electron chi connectivity index (χ1n) is 6.19. The largest absolute Gasteiger partial charge is 0.333 e. The molecule has 0 bridgehead atoms. The molecule has 1 aromatic heterocycles. The Kier molecular flexibility index (Phi) is 2.30. The first kappa shape index (κ1) is 10.3. The molecule has 88 valence electrons. The van der Waals surface area contributed by atoms with Crippen LogP contribution in [0.4, 0.5) is 0 Å². The summed E-state index contributed by atoms with van der Waals surface area (Å²) in [5, 5.41) is 0. The normalized spacial score (nSPS) is 34.5. The lowest BCUT2D eigenvalue weighted by Gasteiger charge is -2.54. The van der Waals surface area contributed by atoms with Gasteiger partial charge in [0.05, 0.1) is 6.54 Å². The van der Waals surface area contributed by atoms with Gasteiger partial charge >= 0.3 is 0 Å². The van der Waals surface area contributed by atoms with Crippen LogP contribution in [0.2, 0.25) is 0 Å². The van der Waals surface area contributed by atoms with E-state index in [1.807, 2.05) is 6.20 Å². The van der Waals surface area contributed by atoms with E-state index >= 15 is 0 Å². The number of fused-ring (bicyclic) bond motifs is 1. The van der Waals surface area contributed by atoms with Crippen molar-refractivity contribution in [1.82, 2.24) is 14.5 Å². The van der Waals surface area contributed by atoms with Crippen molar-refractivity contribution in [3.05, 3.63) is 18.2 Å². The van der Waals surface area contributed by atoms with Gasteiger partial charge in [-0.2, -0.15) is 0 Å². The number of hydrogen-bond acceptors (Lipinski definition) is 3. The molecule has 4 nitrogen and oxygen atoms in total. The van der Waals surface area contributed by atoms with Gasteiger partial charge in [0.25, 0.3) is 0 Å². The quantitative estimate of drug-likeness (QED) is 0.803. The van der Waals surface area contributed by atoms with E-state index < -0.39 is 0 Å². The van der Waals surface area contributed by atoms with Gasteiger partial charge in [-0.3, -0.25) is 4.90 Å². The van der Waals surface area contributed by atoms with Crippen LogP contribution in [-0.2, 0) is 13.1 Å². The maximum atomic E-state index is 5.99. The van der Waals surface area contributed by atoms with E-state index in [9.17, 15) is 0 Å². The van der Waals surface area contributed by atoms with Gasteiger partial charge < -0.3 is 10.3 Å². The molecular weight excluding hydrogens is 200 g/mol. The fraction of sp³-hybridized carbons (Fsp3) is 0.750. The number of hydrogen-bond donors (Lipinski definition) is 1. The van der Waals surface area contributed by atoms with Crippen LogP contribution in [0.25, 0.3) is 0 Å². The van der Waals surface area contributed by atoms with E-state index in [-0.39, 0.29) is 5.54 Å². The summed E-state index contributed by atoms with van der Waals surface area (Å²) in [6, 6.07) is 0. The van der Waals surface area contributed by atoms with E-state index in [1.165, 1.54) is 18.7 Å². The Labute approximate surface area is 96.4 Å². The number of aromatic nitrogens is 2. The Morgan fingerprint density at radius 3 is 3.00 bits per heavy atom. The molecule has 0 unspecified atom stereocenters. The summed E-state index contributed by atoms with van der Waals surface area (Å²) >= 11 is 0. The summed E-state index contributed by atoms with van der Waals surface area (Å²) in [4.78, 5) is 6.96. The SMILES string of the molecule is CC1CC(CN)(N2CCn3ccnc3C2)C1. The van der Waals surface area contributed by atoms with Crippen molar-refractivity contribution < 1.29 is 0 Å². The molecule has 0 atom stereocenters. The van der Waals surface area contributed by atoms with Crippen molar-refractivity contribution in [3.8, 4) is 0 Å². The highest BCUT2D eigenvalue weighted by molar-refractivity contribution is 5.06. The van der Waals surface area contributed by atoms with Crippen LogP contribution in [-0.4, -0.2) is 33.1 Å². The fourth-order valence-corrected chi connectivity index (χ4v) is 3.37. The van der Waals surface area contributed by atoms with Crippen molar-refractivity contribution in [3.63, 3.8) is 0 Å². The third kappa shape index (κ3) is 1.40. The fourth-order valence-electron chi connectivity index (χ4n) is 3.37. The lowest BCUT2D eigenvalue weighted by molar-refractivity contribution is -0.0304. The molecule has 0 aromatic carbocycles. The van der Waals surface area contributed by atoms with Gasteiger partial charge in [0, 0.05) is 37.6 Å². The van der Waals surface area contributed by atoms with Gasteiger partial charge in [-0.05, 0) is 18.8 Å². The van der Waals surface area contributed by atoms with Crippen LogP contribution in [0, 0.1) is 5.92 Å². The Hall–Kier alpha value is -0.870. The molecule has 0 spiro atoms. The predicted octanol–water partition coefficient (Wildman–Crippen LogP) is 0.826. The van der Waals surface area contributed by atoms with Crippen LogP contribution >= 0.6 is 0 Å². The number of nitrogens with zero attached hydrogens (tertiary/aromatic N) is 3. The topological polar surface area (TPSA) is 47.1 Å². The average Bonchev–Trinajstić information content (AvgIpc) is 2.71. The lowest BCUT2D eigenvalue weighted by Crippen LogP contribution is -2.62. The van der Waals surface area contributed by atoms with Gasteiger partial charge in [-0.1, -0.05) is 6.92 Å². The van der Waals surface area contributed by atoms with Crippen molar-refractivity contribution in [1.29, 1.82) is 0 Å². The van der Waals surface area contributed by atoms with Gasteiger partial charge in [-0.25, -0.2) is 4.98 Å². The van der Waals surface area contributed by atoms with Crippen molar-refractivity contribution >= 4 is 0 Å². The highest BCUT2D eigenvalue weighted by atomic mass is 15.3. The molecule has 16 heavy (non-hydrogen) atoms. The first-order chi connectivity index (χ1) is 7.73. The zero-order valence-electron chi connectivity index (χ0n) is 9.89. The molecule has 1 fully saturated rings. The second-order valence-corrected chi connectivity index (χ2v) is 5.40. The summed E-state index contributed by atoms with van der Waals surface area (Å²) in [5.41, 5.74) is 6.26. The highest BCUT2D eigenvalue weighted by Gasteiger charge is 2.46. The number of imidazole rings is 1. The van der Waals surface area contributed by atoms with Crippen LogP contribution in [0.3, 0.4) is 0 Å². The molecule has 3 rings (SSSR count). The van der Waals surface area contributed by atoms with Gasteiger partial charge in [0.15, 0.2) is 0 Å². The third-order valence-corrected chi connectivity index (χ3v) is 4.25. The number of nitrogens with two attached hydrogens (primary N) is 1. The summed E-state index contributed by atoms with van der Waals surface area (Å²) in [6.07, 6.45) is 6.48. The molecular formula is C12H20N4. The second kappa shape index (κ2) is 3.57. The summed E-state index contributed by atoms with van der Waals surface area (Å²) in [5.74, 6) is 2.03. The standard InChI is InChI=1S/C12H20N4/c1-10-6-12(7-10,9-13)16-5-4-15-3-2-14-11(15)8-16/h2-3,10H,4-9,13H2,1H3. The zero-order chi connectivity index (χ0) is 11.2. The summed E-state index contributed by atoms with van der Waals surface area (Å²) < 4.78 is 2.25. The van der Waals surface area contributed by atoms with Crippen LogP contribution in [0.5, 0.6) is 0 Å². The van der Waals surface area contributed by atoms with E-state index in [0.717, 1.165) is 32.1 Å². The van der Waals surface area contributed by atoms with Gasteiger partial charge in [0.1, 0.15) is 5.82 Å². The van der Waals surface area contributed by atoms with Crippen molar-refractivity contribution in [2.45, 2.75) is 38.4 Å². The Balaban J connectivity index is 1.78. The Morgan fingerprint density at radius 1 is 1.50 bits per heavy atom. The minimum atomic E-state index is 0.274. The monoisotopic (exact) mass is 220 g/mol. The molecule has 2 aliphatic rings. The van der Waals surface area contributed by atoms with Crippen LogP contribution < -0.4 is 5.73 Å². The van der Waals surface area contributed by atoms with Crippen LogP contribution in [0.1, 0.15) is 25.6 Å². The van der Waals surface area contributed by atoms with E-state index in [1.54, 1.807) is 0 Å². The van der Waals surface area contributed by atoms with Gasteiger partial charge in [0.2, 0.25) is 0 Å². The number of rotatable bonds is 2. The summed E-state index contributed by atoms with van der Waals surface area (Å²) in [6.45, 7) is 6.26. The highest BCUT2D eigenvalue weighted by Crippen LogP contribution is 2.42. The summed E-state index contributed by atoms with van der Waals surface area (Å²) in [7, 11) is 0. The van der Waals surface area contributed by atoms with Gasteiger partial charge in [-0.15, -0.1) is 0 Å². The minimum Gasteiger partial charge on any atom is -0.333 e. The Bertz CT molecular complexity index is 378. The predicted molar refractivity (Wildman–Crippen MR) is 62.8 cm³/mol. The van der Waals surface area contributed by atoms with E-state index in [0.29, 0.717) is 0 Å². The zero-order valence-corrected chi connectivity index (χ0v) is 9.89. The minimum absolute atomic E-state index is 0.274. The molecule has 2 N–H and O–H groups in total. The Morgan fingerprint density at radius 2 is 2.31 bits per heavy atom. The third-order valence-electron chi connectivity index (χ3n) is 4.25. The molecule has 1 aliphatic heterocycles. The molecule has 1 aliphatic carbocycles. The molecule has 0 saturated heterocycles. The molecule has 0 amide bonds.